The van der Waals surface area contributed by atoms with Crippen LogP contribution in [0.1, 0.15) is 116 Å². The Hall–Kier alpha value is -0.860. The predicted octanol–water partition coefficient (Wildman–Crippen LogP) is 6.25. The Kier molecular flexibility index (Phi) is 8.21. The average Bonchev–Trinajstić information content (AvgIpc) is 3.10. The normalized spacial score (nSPS) is 34.7. The summed E-state index contributed by atoms with van der Waals surface area (Å²) in [6.07, 6.45) is 21.3. The van der Waals surface area contributed by atoms with Gasteiger partial charge in [0.15, 0.2) is 0 Å². The second-order valence-corrected chi connectivity index (χ2v) is 9.68. The zero-order valence-corrected chi connectivity index (χ0v) is 17.6. The molecule has 2 amide bonds. The molecule has 0 aromatic heterocycles. The molecular formula is C24H41NO2. The largest absolute Gasteiger partial charge is 0.279 e. The number of imide groups is 1. The molecule has 154 valence electrons. The van der Waals surface area contributed by atoms with Gasteiger partial charge in [0.05, 0.1) is 0 Å². The van der Waals surface area contributed by atoms with E-state index in [-0.39, 0.29) is 23.8 Å². The summed E-state index contributed by atoms with van der Waals surface area (Å²) in [4.78, 5) is 26.6. The van der Waals surface area contributed by atoms with Crippen molar-refractivity contribution >= 4 is 11.8 Å². The standard InChI is InChI=1S/C16H25NO2.C8H16/c1-11-5-7-13(8-6-11)16(19)17-14-4-2-3-12(14)9-10-15(17)18;1-2-4-6-8-7-5-3-1/h11-14H,2-10H2,1H3;1-8H2/t11?,12-,13?,14?;/m1./s1. The number of carbonyl (C=O) groups is 2. The second kappa shape index (κ2) is 10.6. The SMILES string of the molecule is C1CCCCCCC1.CC1CCC(C(=O)N2C(=O)CC[C@H]3CCCC32)CC1. The minimum atomic E-state index is 0.103. The van der Waals surface area contributed by atoms with Crippen LogP contribution in [0.15, 0.2) is 0 Å². The fourth-order valence-electron chi connectivity index (χ4n) is 5.71. The molecule has 1 unspecified atom stereocenters. The van der Waals surface area contributed by atoms with Crippen molar-refractivity contribution in [2.24, 2.45) is 17.8 Å². The van der Waals surface area contributed by atoms with Crippen LogP contribution < -0.4 is 0 Å². The maximum Gasteiger partial charge on any atom is 0.232 e. The molecule has 1 saturated heterocycles. The molecule has 3 aliphatic carbocycles. The van der Waals surface area contributed by atoms with E-state index in [1.165, 1.54) is 64.2 Å². The number of hydrogen-bond acceptors (Lipinski definition) is 2. The molecule has 3 nitrogen and oxygen atoms in total. The minimum absolute atomic E-state index is 0.103. The van der Waals surface area contributed by atoms with Crippen molar-refractivity contribution < 1.29 is 9.59 Å². The van der Waals surface area contributed by atoms with Gasteiger partial charge in [0.2, 0.25) is 11.8 Å². The summed E-state index contributed by atoms with van der Waals surface area (Å²) < 4.78 is 0. The lowest BCUT2D eigenvalue weighted by atomic mass is 9.81. The van der Waals surface area contributed by atoms with Gasteiger partial charge in [-0.05, 0) is 56.8 Å². The van der Waals surface area contributed by atoms with Gasteiger partial charge in [-0.2, -0.15) is 0 Å². The molecule has 0 aromatic carbocycles. The zero-order chi connectivity index (χ0) is 19.1. The monoisotopic (exact) mass is 375 g/mol. The van der Waals surface area contributed by atoms with Gasteiger partial charge in [0.25, 0.3) is 0 Å². The Labute approximate surface area is 166 Å². The first-order valence-electron chi connectivity index (χ1n) is 12.0. The van der Waals surface area contributed by atoms with E-state index in [0.29, 0.717) is 12.3 Å². The van der Waals surface area contributed by atoms with Gasteiger partial charge in [0, 0.05) is 18.4 Å². The summed E-state index contributed by atoms with van der Waals surface area (Å²) in [7, 11) is 0. The van der Waals surface area contributed by atoms with Crippen molar-refractivity contribution in [3.63, 3.8) is 0 Å². The lowest BCUT2D eigenvalue weighted by Gasteiger charge is -2.39. The molecule has 4 fully saturated rings. The van der Waals surface area contributed by atoms with Gasteiger partial charge in [-0.1, -0.05) is 64.7 Å². The van der Waals surface area contributed by atoms with Gasteiger partial charge in [-0.25, -0.2) is 0 Å². The van der Waals surface area contributed by atoms with Crippen molar-refractivity contribution in [1.29, 1.82) is 0 Å². The molecule has 0 bridgehead atoms. The molecule has 1 aliphatic heterocycles. The summed E-state index contributed by atoms with van der Waals surface area (Å²) in [5.41, 5.74) is 0. The highest BCUT2D eigenvalue weighted by atomic mass is 16.2. The van der Waals surface area contributed by atoms with Gasteiger partial charge < -0.3 is 0 Å². The maximum atomic E-state index is 12.7. The molecule has 0 aromatic rings. The molecule has 27 heavy (non-hydrogen) atoms. The Bertz CT molecular complexity index is 457. The molecule has 3 heteroatoms. The number of fused-ring (bicyclic) bond motifs is 1. The van der Waals surface area contributed by atoms with Gasteiger partial charge >= 0.3 is 0 Å². The number of nitrogens with zero attached hydrogens (tertiary/aromatic N) is 1. The molecule has 2 atom stereocenters. The molecule has 0 radical (unpaired) electrons. The first-order valence-corrected chi connectivity index (χ1v) is 12.0. The number of amides is 2. The molecule has 3 saturated carbocycles. The molecular weight excluding hydrogens is 334 g/mol. The maximum absolute atomic E-state index is 12.7. The van der Waals surface area contributed by atoms with Crippen LogP contribution in [0.5, 0.6) is 0 Å². The third-order valence-electron chi connectivity index (χ3n) is 7.55. The first-order chi connectivity index (χ1) is 13.2. The van der Waals surface area contributed by atoms with Crippen molar-refractivity contribution in [1.82, 2.24) is 4.90 Å². The third-order valence-corrected chi connectivity index (χ3v) is 7.55. The van der Waals surface area contributed by atoms with Crippen LogP contribution in [0.3, 0.4) is 0 Å². The second-order valence-electron chi connectivity index (χ2n) is 9.68. The van der Waals surface area contributed by atoms with Crippen molar-refractivity contribution in [3.05, 3.63) is 0 Å². The fraction of sp³-hybridized carbons (Fsp3) is 0.917. The van der Waals surface area contributed by atoms with Crippen LogP contribution in [-0.2, 0) is 9.59 Å². The quantitative estimate of drug-likeness (QED) is 0.508. The highest BCUT2D eigenvalue weighted by Gasteiger charge is 2.43. The van der Waals surface area contributed by atoms with E-state index in [0.717, 1.165) is 44.4 Å². The third kappa shape index (κ3) is 5.81. The summed E-state index contributed by atoms with van der Waals surface area (Å²) in [5, 5.41) is 0. The van der Waals surface area contributed by atoms with Crippen LogP contribution in [0, 0.1) is 17.8 Å². The van der Waals surface area contributed by atoms with Crippen LogP contribution >= 0.6 is 0 Å². The summed E-state index contributed by atoms with van der Waals surface area (Å²) in [6.45, 7) is 2.26. The van der Waals surface area contributed by atoms with E-state index in [2.05, 4.69) is 6.92 Å². The Morgan fingerprint density at radius 2 is 1.30 bits per heavy atom. The van der Waals surface area contributed by atoms with Crippen LogP contribution in [0.4, 0.5) is 0 Å². The Balaban J connectivity index is 0.000000221. The molecule has 4 rings (SSSR count). The van der Waals surface area contributed by atoms with Gasteiger partial charge in [-0.3, -0.25) is 14.5 Å². The summed E-state index contributed by atoms with van der Waals surface area (Å²) in [6, 6.07) is 0.244. The lowest BCUT2D eigenvalue weighted by molar-refractivity contribution is -0.155. The topological polar surface area (TPSA) is 37.4 Å². The van der Waals surface area contributed by atoms with E-state index < -0.39 is 0 Å². The molecule has 0 N–H and O–H groups in total. The Morgan fingerprint density at radius 3 is 1.85 bits per heavy atom. The number of rotatable bonds is 1. The van der Waals surface area contributed by atoms with E-state index in [1.807, 2.05) is 0 Å². The number of likely N-dealkylation sites (tertiary alicyclic amines) is 1. The number of carbonyl (C=O) groups excluding carboxylic acids is 2. The van der Waals surface area contributed by atoms with E-state index >= 15 is 0 Å². The molecule has 1 heterocycles. The van der Waals surface area contributed by atoms with Gasteiger partial charge in [0.1, 0.15) is 0 Å². The van der Waals surface area contributed by atoms with E-state index in [1.54, 1.807) is 4.90 Å². The minimum Gasteiger partial charge on any atom is -0.279 e. The fourth-order valence-corrected chi connectivity index (χ4v) is 5.71. The zero-order valence-electron chi connectivity index (χ0n) is 17.6. The van der Waals surface area contributed by atoms with Crippen LogP contribution in [0.2, 0.25) is 0 Å². The molecule has 0 spiro atoms. The van der Waals surface area contributed by atoms with Crippen LogP contribution in [0.25, 0.3) is 0 Å². The van der Waals surface area contributed by atoms with Crippen molar-refractivity contribution in [3.8, 4) is 0 Å². The highest BCUT2D eigenvalue weighted by Crippen LogP contribution is 2.39. The molecule has 4 aliphatic rings. The van der Waals surface area contributed by atoms with Crippen molar-refractivity contribution in [2.45, 2.75) is 122 Å². The summed E-state index contributed by atoms with van der Waals surface area (Å²) >= 11 is 0. The summed E-state index contributed by atoms with van der Waals surface area (Å²) in [5.74, 6) is 1.74. The van der Waals surface area contributed by atoms with Crippen molar-refractivity contribution in [2.75, 3.05) is 0 Å². The van der Waals surface area contributed by atoms with E-state index in [9.17, 15) is 9.59 Å². The number of piperidine rings is 1. The lowest BCUT2D eigenvalue weighted by Crippen LogP contribution is -2.52. The van der Waals surface area contributed by atoms with Crippen LogP contribution in [-0.4, -0.2) is 22.8 Å². The number of hydrogen-bond donors (Lipinski definition) is 0. The van der Waals surface area contributed by atoms with E-state index in [4.69, 9.17) is 0 Å². The predicted molar refractivity (Wildman–Crippen MR) is 110 cm³/mol. The average molecular weight is 376 g/mol. The first kappa shape index (κ1) is 20.9. The smallest absolute Gasteiger partial charge is 0.232 e. The van der Waals surface area contributed by atoms with Gasteiger partial charge in [-0.15, -0.1) is 0 Å². The Morgan fingerprint density at radius 1 is 0.741 bits per heavy atom. The highest BCUT2D eigenvalue weighted by molar-refractivity contribution is 5.97.